The molecule has 0 aliphatic rings. The Hall–Kier alpha value is -2.41. The Morgan fingerprint density at radius 1 is 1.09 bits per heavy atom. The summed E-state index contributed by atoms with van der Waals surface area (Å²) < 4.78 is 40.0. The van der Waals surface area contributed by atoms with E-state index in [-0.39, 0.29) is 10.8 Å². The fourth-order valence-electron chi connectivity index (χ4n) is 1.87. The Labute approximate surface area is 128 Å². The molecule has 0 unspecified atom stereocenters. The molecule has 2 aromatic carbocycles. The molecule has 1 amide bonds. The lowest BCUT2D eigenvalue weighted by molar-refractivity contribution is -0.114. The molecule has 2 N–H and O–H groups in total. The SMILES string of the molecule is CC(=O)Nc1ccc(S(=O)(=O)Nc2ccc(F)cc2C)cc1. The van der Waals surface area contributed by atoms with Crippen molar-refractivity contribution in [2.24, 2.45) is 0 Å². The largest absolute Gasteiger partial charge is 0.326 e. The minimum Gasteiger partial charge on any atom is -0.326 e. The van der Waals surface area contributed by atoms with E-state index in [2.05, 4.69) is 10.0 Å². The van der Waals surface area contributed by atoms with Crippen LogP contribution in [0.5, 0.6) is 0 Å². The Morgan fingerprint density at radius 2 is 1.73 bits per heavy atom. The van der Waals surface area contributed by atoms with E-state index in [9.17, 15) is 17.6 Å². The number of hydrogen-bond acceptors (Lipinski definition) is 3. The quantitative estimate of drug-likeness (QED) is 0.909. The molecule has 0 spiro atoms. The third-order valence-electron chi connectivity index (χ3n) is 2.92. The van der Waals surface area contributed by atoms with Crippen molar-refractivity contribution < 1.29 is 17.6 Å². The van der Waals surface area contributed by atoms with Crippen molar-refractivity contribution in [3.05, 3.63) is 53.8 Å². The minimum absolute atomic E-state index is 0.0466. The van der Waals surface area contributed by atoms with Gasteiger partial charge in [0, 0.05) is 12.6 Å². The van der Waals surface area contributed by atoms with E-state index in [1.807, 2.05) is 0 Å². The van der Waals surface area contributed by atoms with E-state index in [1.165, 1.54) is 49.4 Å². The first kappa shape index (κ1) is 16.0. The number of rotatable bonds is 4. The van der Waals surface area contributed by atoms with Crippen LogP contribution in [0.15, 0.2) is 47.4 Å². The van der Waals surface area contributed by atoms with Gasteiger partial charge in [-0.15, -0.1) is 0 Å². The number of aryl methyl sites for hydroxylation is 1. The second-order valence-electron chi connectivity index (χ2n) is 4.77. The van der Waals surface area contributed by atoms with Gasteiger partial charge in [-0.05, 0) is 55.0 Å². The van der Waals surface area contributed by atoms with Gasteiger partial charge in [0.2, 0.25) is 5.91 Å². The average Bonchev–Trinajstić information content (AvgIpc) is 2.42. The summed E-state index contributed by atoms with van der Waals surface area (Å²) >= 11 is 0. The second kappa shape index (κ2) is 6.15. The lowest BCUT2D eigenvalue weighted by atomic mass is 10.2. The van der Waals surface area contributed by atoms with Crippen molar-refractivity contribution in [2.75, 3.05) is 10.0 Å². The molecule has 0 bridgehead atoms. The lowest BCUT2D eigenvalue weighted by Gasteiger charge is -2.11. The van der Waals surface area contributed by atoms with Crippen LogP contribution >= 0.6 is 0 Å². The Balaban J connectivity index is 2.24. The summed E-state index contributed by atoms with van der Waals surface area (Å²) in [6.07, 6.45) is 0. The highest BCUT2D eigenvalue weighted by molar-refractivity contribution is 7.92. The summed E-state index contributed by atoms with van der Waals surface area (Å²) in [6, 6.07) is 9.55. The van der Waals surface area contributed by atoms with Gasteiger partial charge in [0.1, 0.15) is 5.82 Å². The van der Waals surface area contributed by atoms with Gasteiger partial charge in [0.15, 0.2) is 0 Å². The summed E-state index contributed by atoms with van der Waals surface area (Å²) in [5.41, 5.74) is 1.30. The van der Waals surface area contributed by atoms with Crippen LogP contribution in [0.3, 0.4) is 0 Å². The smallest absolute Gasteiger partial charge is 0.261 e. The fourth-order valence-corrected chi connectivity index (χ4v) is 3.00. The summed E-state index contributed by atoms with van der Waals surface area (Å²) in [7, 11) is -3.78. The number of carbonyl (C=O) groups excluding carboxylic acids is 1. The number of hydrogen-bond donors (Lipinski definition) is 2. The van der Waals surface area contributed by atoms with E-state index < -0.39 is 15.8 Å². The zero-order valence-corrected chi connectivity index (χ0v) is 12.9. The molecule has 0 aliphatic heterocycles. The van der Waals surface area contributed by atoms with E-state index in [0.717, 1.165) is 0 Å². The van der Waals surface area contributed by atoms with Gasteiger partial charge in [-0.2, -0.15) is 0 Å². The lowest BCUT2D eigenvalue weighted by Crippen LogP contribution is -2.14. The van der Waals surface area contributed by atoms with E-state index >= 15 is 0 Å². The van der Waals surface area contributed by atoms with Gasteiger partial charge < -0.3 is 5.32 Å². The van der Waals surface area contributed by atoms with Crippen molar-refractivity contribution in [3.8, 4) is 0 Å². The average molecular weight is 322 g/mol. The number of halogens is 1. The summed E-state index contributed by atoms with van der Waals surface area (Å²) in [4.78, 5) is 11.0. The molecule has 2 rings (SSSR count). The number of sulfonamides is 1. The minimum atomic E-state index is -3.78. The zero-order chi connectivity index (χ0) is 16.3. The van der Waals surface area contributed by atoms with Crippen LogP contribution in [0.2, 0.25) is 0 Å². The van der Waals surface area contributed by atoms with E-state index in [4.69, 9.17) is 0 Å². The van der Waals surface area contributed by atoms with Crippen LogP contribution in [0.4, 0.5) is 15.8 Å². The van der Waals surface area contributed by atoms with Gasteiger partial charge in [0.05, 0.1) is 10.6 Å². The number of amides is 1. The normalized spacial score (nSPS) is 11.0. The van der Waals surface area contributed by atoms with Crippen LogP contribution in [-0.4, -0.2) is 14.3 Å². The molecule has 0 aromatic heterocycles. The summed E-state index contributed by atoms with van der Waals surface area (Å²) in [5, 5.41) is 2.55. The highest BCUT2D eigenvalue weighted by Gasteiger charge is 2.15. The third-order valence-corrected chi connectivity index (χ3v) is 4.30. The van der Waals surface area contributed by atoms with Crippen LogP contribution in [0, 0.1) is 12.7 Å². The number of anilines is 2. The maximum Gasteiger partial charge on any atom is 0.261 e. The highest BCUT2D eigenvalue weighted by Crippen LogP contribution is 2.21. The molecule has 0 saturated carbocycles. The molecule has 116 valence electrons. The van der Waals surface area contributed by atoms with Gasteiger partial charge >= 0.3 is 0 Å². The zero-order valence-electron chi connectivity index (χ0n) is 12.1. The van der Waals surface area contributed by atoms with Crippen molar-refractivity contribution in [1.82, 2.24) is 0 Å². The first-order valence-electron chi connectivity index (χ1n) is 6.44. The number of benzene rings is 2. The molecule has 22 heavy (non-hydrogen) atoms. The molecule has 0 aliphatic carbocycles. The van der Waals surface area contributed by atoms with Crippen molar-refractivity contribution in [1.29, 1.82) is 0 Å². The van der Waals surface area contributed by atoms with Crippen molar-refractivity contribution in [3.63, 3.8) is 0 Å². The third kappa shape index (κ3) is 3.82. The van der Waals surface area contributed by atoms with Crippen molar-refractivity contribution in [2.45, 2.75) is 18.7 Å². The molecular formula is C15H15FN2O3S. The van der Waals surface area contributed by atoms with Crippen molar-refractivity contribution >= 4 is 27.3 Å². The topological polar surface area (TPSA) is 75.3 Å². The number of nitrogens with one attached hydrogen (secondary N) is 2. The van der Waals surface area contributed by atoms with Crippen LogP contribution in [-0.2, 0) is 14.8 Å². The Bertz CT molecular complexity index is 802. The molecule has 0 radical (unpaired) electrons. The first-order chi connectivity index (χ1) is 10.3. The van der Waals surface area contributed by atoms with E-state index in [0.29, 0.717) is 16.9 Å². The highest BCUT2D eigenvalue weighted by atomic mass is 32.2. The van der Waals surface area contributed by atoms with Crippen LogP contribution < -0.4 is 10.0 Å². The van der Waals surface area contributed by atoms with Gasteiger partial charge in [-0.1, -0.05) is 0 Å². The maximum absolute atomic E-state index is 13.0. The molecule has 0 heterocycles. The molecular weight excluding hydrogens is 307 g/mol. The first-order valence-corrected chi connectivity index (χ1v) is 7.93. The number of carbonyl (C=O) groups is 1. The Morgan fingerprint density at radius 3 is 2.27 bits per heavy atom. The van der Waals surface area contributed by atoms with Crippen LogP contribution in [0.1, 0.15) is 12.5 Å². The second-order valence-corrected chi connectivity index (χ2v) is 6.45. The van der Waals surface area contributed by atoms with Gasteiger partial charge in [-0.3, -0.25) is 9.52 Å². The Kier molecular flexibility index (Phi) is 4.46. The molecule has 2 aromatic rings. The molecule has 0 saturated heterocycles. The predicted molar refractivity (Wildman–Crippen MR) is 82.7 cm³/mol. The monoisotopic (exact) mass is 322 g/mol. The maximum atomic E-state index is 13.0. The van der Waals surface area contributed by atoms with E-state index in [1.54, 1.807) is 6.92 Å². The summed E-state index contributed by atoms with van der Waals surface area (Å²) in [5.74, 6) is -0.671. The van der Waals surface area contributed by atoms with Gasteiger partial charge in [0.25, 0.3) is 10.0 Å². The fraction of sp³-hybridized carbons (Fsp3) is 0.133. The summed E-state index contributed by atoms with van der Waals surface area (Å²) in [6.45, 7) is 2.98. The molecule has 0 atom stereocenters. The molecule has 5 nitrogen and oxygen atoms in total. The standard InChI is InChI=1S/C15H15FN2O3S/c1-10-9-12(16)3-8-15(10)18-22(20,21)14-6-4-13(5-7-14)17-11(2)19/h3-9,18H,1-2H3,(H,17,19). The van der Waals surface area contributed by atoms with Gasteiger partial charge in [-0.25, -0.2) is 12.8 Å². The molecule has 0 fully saturated rings. The predicted octanol–water partition coefficient (Wildman–Crippen LogP) is 2.89. The van der Waals surface area contributed by atoms with Crippen LogP contribution in [0.25, 0.3) is 0 Å². The molecule has 7 heteroatoms.